The molecule has 0 aliphatic heterocycles. The molecule has 0 saturated carbocycles. The number of rotatable bonds is 7. The van der Waals surface area contributed by atoms with Gasteiger partial charge in [-0.1, -0.05) is 26.2 Å². The Hall–Kier alpha value is -1.71. The molecule has 1 amide bonds. The maximum Gasteiger partial charge on any atom is 0.251 e. The van der Waals surface area contributed by atoms with E-state index in [1.165, 1.54) is 12.8 Å². The van der Waals surface area contributed by atoms with Gasteiger partial charge in [-0.2, -0.15) is 0 Å². The van der Waals surface area contributed by atoms with Crippen molar-refractivity contribution in [3.8, 4) is 5.75 Å². The van der Waals surface area contributed by atoms with Crippen LogP contribution in [0.25, 0.3) is 0 Å². The lowest BCUT2D eigenvalue weighted by atomic mass is 10.1. The highest BCUT2D eigenvalue weighted by atomic mass is 16.5. The summed E-state index contributed by atoms with van der Waals surface area (Å²) in [5.74, 6) is 0.503. The summed E-state index contributed by atoms with van der Waals surface area (Å²) >= 11 is 0. The number of benzene rings is 1. The van der Waals surface area contributed by atoms with E-state index in [0.717, 1.165) is 12.8 Å². The minimum atomic E-state index is -0.0999. The number of hydrogen-bond donors (Lipinski definition) is 2. The summed E-state index contributed by atoms with van der Waals surface area (Å²) < 4.78 is 5.08. The van der Waals surface area contributed by atoms with Crippen LogP contribution in [0.2, 0.25) is 0 Å². The molecule has 0 spiro atoms. The lowest BCUT2D eigenvalue weighted by molar-refractivity contribution is 0.0952. The van der Waals surface area contributed by atoms with Gasteiger partial charge in [0.15, 0.2) is 0 Å². The van der Waals surface area contributed by atoms with E-state index in [1.54, 1.807) is 25.3 Å². The molecule has 0 bridgehead atoms. The van der Waals surface area contributed by atoms with Crippen molar-refractivity contribution in [2.24, 2.45) is 0 Å². The van der Waals surface area contributed by atoms with E-state index >= 15 is 0 Å². The van der Waals surface area contributed by atoms with Crippen molar-refractivity contribution in [2.75, 3.05) is 19.4 Å². The molecule has 0 fully saturated rings. The fourth-order valence-electron chi connectivity index (χ4n) is 1.73. The van der Waals surface area contributed by atoms with Crippen molar-refractivity contribution in [1.29, 1.82) is 0 Å². The molecule has 4 heteroatoms. The first-order valence-corrected chi connectivity index (χ1v) is 6.40. The first kappa shape index (κ1) is 14.4. The standard InChI is InChI=1S/C14H22N2O2/c1-3-4-5-6-7-16-14(17)11-8-12(15)10-13(9-11)18-2/h8-10H,3-7,15H2,1-2H3,(H,16,17). The van der Waals surface area contributed by atoms with Crippen LogP contribution in [0.5, 0.6) is 5.75 Å². The van der Waals surface area contributed by atoms with E-state index in [-0.39, 0.29) is 5.91 Å². The van der Waals surface area contributed by atoms with Crippen molar-refractivity contribution in [3.63, 3.8) is 0 Å². The van der Waals surface area contributed by atoms with Gasteiger partial charge in [-0.25, -0.2) is 0 Å². The van der Waals surface area contributed by atoms with Crippen LogP contribution in [-0.4, -0.2) is 19.6 Å². The fraction of sp³-hybridized carbons (Fsp3) is 0.500. The second-order valence-corrected chi connectivity index (χ2v) is 4.31. The number of anilines is 1. The van der Waals surface area contributed by atoms with Gasteiger partial charge in [-0.05, 0) is 18.6 Å². The molecule has 1 aromatic carbocycles. The van der Waals surface area contributed by atoms with Gasteiger partial charge in [0.25, 0.3) is 5.91 Å². The van der Waals surface area contributed by atoms with Crippen molar-refractivity contribution >= 4 is 11.6 Å². The Labute approximate surface area is 109 Å². The number of amides is 1. The quantitative estimate of drug-likeness (QED) is 0.577. The molecule has 1 aromatic rings. The van der Waals surface area contributed by atoms with Crippen molar-refractivity contribution in [2.45, 2.75) is 32.6 Å². The zero-order valence-electron chi connectivity index (χ0n) is 11.2. The number of methoxy groups -OCH3 is 1. The summed E-state index contributed by atoms with van der Waals surface area (Å²) in [6.45, 7) is 2.87. The number of ether oxygens (including phenoxy) is 1. The van der Waals surface area contributed by atoms with Gasteiger partial charge in [0.1, 0.15) is 5.75 Å². The van der Waals surface area contributed by atoms with Crippen LogP contribution in [0, 0.1) is 0 Å². The van der Waals surface area contributed by atoms with Crippen LogP contribution >= 0.6 is 0 Å². The van der Waals surface area contributed by atoms with Crippen molar-refractivity contribution in [1.82, 2.24) is 5.32 Å². The predicted octanol–water partition coefficient (Wildman–Crippen LogP) is 2.59. The largest absolute Gasteiger partial charge is 0.497 e. The first-order chi connectivity index (χ1) is 8.67. The van der Waals surface area contributed by atoms with Crippen LogP contribution in [0.1, 0.15) is 43.0 Å². The van der Waals surface area contributed by atoms with Gasteiger partial charge >= 0.3 is 0 Å². The molecule has 0 unspecified atom stereocenters. The lowest BCUT2D eigenvalue weighted by Crippen LogP contribution is -2.24. The van der Waals surface area contributed by atoms with E-state index in [4.69, 9.17) is 10.5 Å². The lowest BCUT2D eigenvalue weighted by Gasteiger charge is -2.08. The highest BCUT2D eigenvalue weighted by molar-refractivity contribution is 5.95. The molecule has 0 radical (unpaired) electrons. The second kappa shape index (κ2) is 7.58. The SMILES string of the molecule is CCCCCCNC(=O)c1cc(N)cc(OC)c1. The zero-order valence-corrected chi connectivity index (χ0v) is 11.2. The molecule has 0 saturated heterocycles. The maximum atomic E-state index is 11.9. The molecule has 0 aromatic heterocycles. The zero-order chi connectivity index (χ0) is 13.4. The Balaban J connectivity index is 2.48. The number of hydrogen-bond acceptors (Lipinski definition) is 3. The van der Waals surface area contributed by atoms with Crippen LogP contribution in [0.4, 0.5) is 5.69 Å². The third-order valence-corrected chi connectivity index (χ3v) is 2.74. The minimum Gasteiger partial charge on any atom is -0.497 e. The van der Waals surface area contributed by atoms with Gasteiger partial charge in [0.2, 0.25) is 0 Å². The number of nitrogen functional groups attached to an aromatic ring is 1. The second-order valence-electron chi connectivity index (χ2n) is 4.31. The normalized spacial score (nSPS) is 10.1. The van der Waals surface area contributed by atoms with Gasteiger partial charge in [-0.15, -0.1) is 0 Å². The maximum absolute atomic E-state index is 11.9. The molecule has 18 heavy (non-hydrogen) atoms. The molecule has 0 aliphatic carbocycles. The number of unbranched alkanes of at least 4 members (excludes halogenated alkanes) is 3. The summed E-state index contributed by atoms with van der Waals surface area (Å²) in [5.41, 5.74) is 6.78. The monoisotopic (exact) mass is 250 g/mol. The molecule has 0 atom stereocenters. The Morgan fingerprint density at radius 1 is 1.28 bits per heavy atom. The van der Waals surface area contributed by atoms with Gasteiger partial charge < -0.3 is 15.8 Å². The van der Waals surface area contributed by atoms with E-state index in [0.29, 0.717) is 23.5 Å². The van der Waals surface area contributed by atoms with Crippen molar-refractivity contribution in [3.05, 3.63) is 23.8 Å². The van der Waals surface area contributed by atoms with Gasteiger partial charge in [-0.3, -0.25) is 4.79 Å². The summed E-state index contributed by atoms with van der Waals surface area (Å²) in [4.78, 5) is 11.9. The average molecular weight is 250 g/mol. The summed E-state index contributed by atoms with van der Waals surface area (Å²) in [6.07, 6.45) is 4.57. The number of carbonyl (C=O) groups excluding carboxylic acids is 1. The summed E-state index contributed by atoms with van der Waals surface area (Å²) in [5, 5.41) is 2.89. The Bertz CT molecular complexity index is 391. The molecular formula is C14H22N2O2. The van der Waals surface area contributed by atoms with E-state index in [2.05, 4.69) is 12.2 Å². The van der Waals surface area contributed by atoms with Crippen LogP contribution < -0.4 is 15.8 Å². The van der Waals surface area contributed by atoms with E-state index in [1.807, 2.05) is 0 Å². The predicted molar refractivity (Wildman–Crippen MR) is 73.9 cm³/mol. The van der Waals surface area contributed by atoms with E-state index < -0.39 is 0 Å². The molecule has 4 nitrogen and oxygen atoms in total. The number of nitrogens with two attached hydrogens (primary N) is 1. The van der Waals surface area contributed by atoms with Gasteiger partial charge in [0, 0.05) is 23.9 Å². The fourth-order valence-corrected chi connectivity index (χ4v) is 1.73. The first-order valence-electron chi connectivity index (χ1n) is 6.40. The topological polar surface area (TPSA) is 64.4 Å². The highest BCUT2D eigenvalue weighted by Gasteiger charge is 2.07. The summed E-state index contributed by atoms with van der Waals surface area (Å²) in [7, 11) is 1.56. The molecule has 1 rings (SSSR count). The average Bonchev–Trinajstić information content (AvgIpc) is 2.37. The van der Waals surface area contributed by atoms with Gasteiger partial charge in [0.05, 0.1) is 7.11 Å². The van der Waals surface area contributed by atoms with Crippen LogP contribution in [0.3, 0.4) is 0 Å². The summed E-state index contributed by atoms with van der Waals surface area (Å²) in [6, 6.07) is 5.04. The molecule has 100 valence electrons. The number of nitrogens with one attached hydrogen (secondary N) is 1. The minimum absolute atomic E-state index is 0.0999. The Morgan fingerprint density at radius 3 is 2.72 bits per heavy atom. The third kappa shape index (κ3) is 4.65. The smallest absolute Gasteiger partial charge is 0.251 e. The molecule has 0 aliphatic rings. The Kier molecular flexibility index (Phi) is 6.05. The Morgan fingerprint density at radius 2 is 2.06 bits per heavy atom. The third-order valence-electron chi connectivity index (χ3n) is 2.74. The van der Waals surface area contributed by atoms with E-state index in [9.17, 15) is 4.79 Å². The highest BCUT2D eigenvalue weighted by Crippen LogP contribution is 2.18. The van der Waals surface area contributed by atoms with Crippen molar-refractivity contribution < 1.29 is 9.53 Å². The van der Waals surface area contributed by atoms with Crippen LogP contribution in [0.15, 0.2) is 18.2 Å². The van der Waals surface area contributed by atoms with Crippen LogP contribution in [-0.2, 0) is 0 Å². The molecular weight excluding hydrogens is 228 g/mol. The molecule has 0 heterocycles. The number of carbonyl (C=O) groups is 1. The molecule has 3 N–H and O–H groups in total.